The first kappa shape index (κ1) is 13.4. The highest BCUT2D eigenvalue weighted by Gasteiger charge is 2.11. The van der Waals surface area contributed by atoms with E-state index in [1.165, 1.54) is 12.1 Å². The number of rotatable bonds is 3. The maximum Gasteiger partial charge on any atom is 0.228 e. The van der Waals surface area contributed by atoms with Gasteiger partial charge in [-0.15, -0.1) is 0 Å². The van der Waals surface area contributed by atoms with Crippen LogP contribution in [-0.4, -0.2) is 5.91 Å². The van der Waals surface area contributed by atoms with E-state index in [1.807, 2.05) is 0 Å². The lowest BCUT2D eigenvalue weighted by atomic mass is 10.1. The van der Waals surface area contributed by atoms with E-state index in [0.29, 0.717) is 11.4 Å². The maximum atomic E-state index is 13.5. The molecule has 19 heavy (non-hydrogen) atoms. The van der Waals surface area contributed by atoms with Crippen LogP contribution in [0.25, 0.3) is 0 Å². The zero-order valence-electron chi connectivity index (χ0n) is 9.99. The van der Waals surface area contributed by atoms with Gasteiger partial charge in [0.2, 0.25) is 5.91 Å². The van der Waals surface area contributed by atoms with Gasteiger partial charge < -0.3 is 11.1 Å². The molecule has 2 rings (SSSR count). The van der Waals surface area contributed by atoms with Gasteiger partial charge in [0.25, 0.3) is 0 Å². The molecule has 2 aromatic carbocycles. The fourth-order valence-electron chi connectivity index (χ4n) is 1.63. The van der Waals surface area contributed by atoms with Crippen LogP contribution in [0.2, 0.25) is 5.02 Å². The molecule has 3 nitrogen and oxygen atoms in total. The molecule has 0 radical (unpaired) electrons. The second-order valence-corrected chi connectivity index (χ2v) is 4.45. The number of nitrogen functional groups attached to an aromatic ring is 1. The highest BCUT2D eigenvalue weighted by molar-refractivity contribution is 6.31. The van der Waals surface area contributed by atoms with E-state index in [2.05, 4.69) is 5.32 Å². The second kappa shape index (κ2) is 5.71. The number of nitrogens with two attached hydrogens (primary N) is 1. The SMILES string of the molecule is Nc1ccc(NC(=O)Cc2c(F)cccc2Cl)cc1. The Morgan fingerprint density at radius 1 is 1.21 bits per heavy atom. The average molecular weight is 279 g/mol. The molecule has 0 bridgehead atoms. The summed E-state index contributed by atoms with van der Waals surface area (Å²) in [5.41, 5.74) is 6.94. The number of amides is 1. The van der Waals surface area contributed by atoms with Gasteiger partial charge in [0.15, 0.2) is 0 Å². The first-order chi connectivity index (χ1) is 9.06. The molecule has 5 heteroatoms. The van der Waals surface area contributed by atoms with Gasteiger partial charge in [-0.3, -0.25) is 4.79 Å². The van der Waals surface area contributed by atoms with Gasteiger partial charge in [-0.25, -0.2) is 4.39 Å². The quantitative estimate of drug-likeness (QED) is 0.847. The van der Waals surface area contributed by atoms with E-state index in [0.717, 1.165) is 0 Å². The molecule has 0 aliphatic carbocycles. The Balaban J connectivity index is 2.07. The molecule has 0 saturated heterocycles. The number of nitrogens with one attached hydrogen (secondary N) is 1. The van der Waals surface area contributed by atoms with Gasteiger partial charge in [0, 0.05) is 22.0 Å². The van der Waals surface area contributed by atoms with E-state index in [1.54, 1.807) is 30.3 Å². The molecule has 0 aromatic heterocycles. The summed E-state index contributed by atoms with van der Waals surface area (Å²) in [5.74, 6) is -0.822. The predicted octanol–water partition coefficient (Wildman–Crippen LogP) is 3.24. The van der Waals surface area contributed by atoms with Crippen LogP contribution in [0.1, 0.15) is 5.56 Å². The van der Waals surface area contributed by atoms with E-state index >= 15 is 0 Å². The van der Waals surface area contributed by atoms with Crippen molar-refractivity contribution in [1.29, 1.82) is 0 Å². The Morgan fingerprint density at radius 3 is 2.53 bits per heavy atom. The molecule has 0 heterocycles. The number of hydrogen-bond donors (Lipinski definition) is 2. The Morgan fingerprint density at radius 2 is 1.89 bits per heavy atom. The number of hydrogen-bond acceptors (Lipinski definition) is 2. The first-order valence-corrected chi connectivity index (χ1v) is 6.02. The Hall–Kier alpha value is -2.07. The molecule has 0 aliphatic rings. The number of benzene rings is 2. The molecule has 3 N–H and O–H groups in total. The Labute approximate surface area is 115 Å². The minimum atomic E-state index is -0.486. The molecule has 0 saturated carbocycles. The third kappa shape index (κ3) is 3.45. The van der Waals surface area contributed by atoms with Crippen molar-refractivity contribution in [3.05, 3.63) is 58.9 Å². The van der Waals surface area contributed by atoms with Crippen molar-refractivity contribution < 1.29 is 9.18 Å². The lowest BCUT2D eigenvalue weighted by Crippen LogP contribution is -2.15. The number of carbonyl (C=O) groups is 1. The second-order valence-electron chi connectivity index (χ2n) is 4.05. The van der Waals surface area contributed by atoms with Gasteiger partial charge in [0.05, 0.1) is 6.42 Å². The van der Waals surface area contributed by atoms with Crippen LogP contribution in [-0.2, 0) is 11.2 Å². The number of anilines is 2. The molecule has 2 aromatic rings. The van der Waals surface area contributed by atoms with E-state index in [-0.39, 0.29) is 22.9 Å². The number of halogens is 2. The standard InChI is InChI=1S/C14H12ClFN2O/c15-12-2-1-3-13(16)11(12)8-14(19)18-10-6-4-9(17)5-7-10/h1-7H,8,17H2,(H,18,19). The molecule has 0 aliphatic heterocycles. The summed E-state index contributed by atoms with van der Waals surface area (Å²) in [6.07, 6.45) is -0.115. The smallest absolute Gasteiger partial charge is 0.228 e. The number of carbonyl (C=O) groups excluding carboxylic acids is 1. The van der Waals surface area contributed by atoms with Gasteiger partial charge in [-0.05, 0) is 36.4 Å². The summed E-state index contributed by atoms with van der Waals surface area (Å²) in [5, 5.41) is 2.90. The lowest BCUT2D eigenvalue weighted by Gasteiger charge is -2.07. The topological polar surface area (TPSA) is 55.1 Å². The van der Waals surface area contributed by atoms with Crippen LogP contribution in [0, 0.1) is 5.82 Å². The normalized spacial score (nSPS) is 10.2. The van der Waals surface area contributed by atoms with Crippen LogP contribution in [0.15, 0.2) is 42.5 Å². The van der Waals surface area contributed by atoms with Crippen LogP contribution >= 0.6 is 11.6 Å². The average Bonchev–Trinajstić information content (AvgIpc) is 2.37. The van der Waals surface area contributed by atoms with E-state index in [9.17, 15) is 9.18 Å². The van der Waals surface area contributed by atoms with Crippen molar-refractivity contribution in [3.63, 3.8) is 0 Å². The van der Waals surface area contributed by atoms with Crippen molar-refractivity contribution in [1.82, 2.24) is 0 Å². The largest absolute Gasteiger partial charge is 0.399 e. The molecule has 0 fully saturated rings. The summed E-state index contributed by atoms with van der Waals surface area (Å²) in [4.78, 5) is 11.8. The van der Waals surface area contributed by atoms with Crippen molar-refractivity contribution >= 4 is 28.9 Å². The first-order valence-electron chi connectivity index (χ1n) is 5.64. The van der Waals surface area contributed by atoms with E-state index < -0.39 is 5.82 Å². The maximum absolute atomic E-state index is 13.5. The van der Waals surface area contributed by atoms with Crippen molar-refractivity contribution in [2.45, 2.75) is 6.42 Å². The van der Waals surface area contributed by atoms with Crippen LogP contribution in [0.4, 0.5) is 15.8 Å². The van der Waals surface area contributed by atoms with Crippen molar-refractivity contribution in [2.75, 3.05) is 11.1 Å². The fraction of sp³-hybridized carbons (Fsp3) is 0.0714. The van der Waals surface area contributed by atoms with Crippen molar-refractivity contribution in [2.24, 2.45) is 0 Å². The van der Waals surface area contributed by atoms with Gasteiger partial charge in [0.1, 0.15) is 5.82 Å². The molecular weight excluding hydrogens is 267 g/mol. The monoisotopic (exact) mass is 278 g/mol. The zero-order chi connectivity index (χ0) is 13.8. The third-order valence-electron chi connectivity index (χ3n) is 2.59. The third-order valence-corrected chi connectivity index (χ3v) is 2.95. The van der Waals surface area contributed by atoms with Crippen LogP contribution in [0.3, 0.4) is 0 Å². The molecule has 0 spiro atoms. The summed E-state index contributed by atoms with van der Waals surface area (Å²) in [6.45, 7) is 0. The Kier molecular flexibility index (Phi) is 4.02. The summed E-state index contributed by atoms with van der Waals surface area (Å²) in [6, 6.07) is 11.0. The molecule has 0 unspecified atom stereocenters. The highest BCUT2D eigenvalue weighted by Crippen LogP contribution is 2.20. The fourth-order valence-corrected chi connectivity index (χ4v) is 1.86. The molecule has 0 atom stereocenters. The summed E-state index contributed by atoms with van der Waals surface area (Å²) >= 11 is 5.86. The minimum absolute atomic E-state index is 0.115. The van der Waals surface area contributed by atoms with Crippen molar-refractivity contribution in [3.8, 4) is 0 Å². The minimum Gasteiger partial charge on any atom is -0.399 e. The molecule has 1 amide bonds. The van der Waals surface area contributed by atoms with Gasteiger partial charge in [-0.1, -0.05) is 17.7 Å². The molecular formula is C14H12ClFN2O. The predicted molar refractivity (Wildman–Crippen MR) is 74.6 cm³/mol. The van der Waals surface area contributed by atoms with E-state index in [4.69, 9.17) is 17.3 Å². The lowest BCUT2D eigenvalue weighted by molar-refractivity contribution is -0.115. The zero-order valence-corrected chi connectivity index (χ0v) is 10.7. The Bertz CT molecular complexity index is 579. The van der Waals surface area contributed by atoms with Gasteiger partial charge in [-0.2, -0.15) is 0 Å². The van der Waals surface area contributed by atoms with Gasteiger partial charge >= 0.3 is 0 Å². The summed E-state index contributed by atoms with van der Waals surface area (Å²) < 4.78 is 13.5. The molecule has 98 valence electrons. The highest BCUT2D eigenvalue weighted by atomic mass is 35.5. The van der Waals surface area contributed by atoms with Crippen LogP contribution < -0.4 is 11.1 Å². The van der Waals surface area contributed by atoms with Crippen LogP contribution in [0.5, 0.6) is 0 Å². The summed E-state index contributed by atoms with van der Waals surface area (Å²) in [7, 11) is 0.